The minimum Gasteiger partial charge on any atom is -0.491 e. The SMILES string of the molecule is CCCS(=O)(=O)N(C(=O)OC(C)(C)C)c1cc(OCC2CO2)ccc1OC(=O)Cc1ccccc1. The van der Waals surface area contributed by atoms with Crippen molar-refractivity contribution < 1.29 is 37.0 Å². The van der Waals surface area contributed by atoms with Crippen LogP contribution in [0.25, 0.3) is 0 Å². The van der Waals surface area contributed by atoms with Crippen molar-refractivity contribution in [3.63, 3.8) is 0 Å². The monoisotopic (exact) mass is 505 g/mol. The second-order valence-corrected chi connectivity index (χ2v) is 11.0. The van der Waals surface area contributed by atoms with Crippen LogP contribution < -0.4 is 13.8 Å². The number of carbonyl (C=O) groups is 2. The predicted octanol–water partition coefficient (Wildman–Crippen LogP) is 4.09. The Kier molecular flexibility index (Phi) is 8.39. The molecule has 0 aliphatic carbocycles. The lowest BCUT2D eigenvalue weighted by Gasteiger charge is -2.28. The first-order chi connectivity index (χ1) is 16.5. The molecular weight excluding hydrogens is 474 g/mol. The van der Waals surface area contributed by atoms with Gasteiger partial charge in [0.2, 0.25) is 10.0 Å². The Balaban J connectivity index is 2.00. The maximum Gasteiger partial charge on any atom is 0.429 e. The second-order valence-electron chi connectivity index (χ2n) is 9.09. The fraction of sp³-hybridized carbons (Fsp3) is 0.440. The van der Waals surface area contributed by atoms with E-state index >= 15 is 0 Å². The lowest BCUT2D eigenvalue weighted by Crippen LogP contribution is -2.42. The molecule has 3 rings (SSSR count). The van der Waals surface area contributed by atoms with E-state index in [0.29, 0.717) is 16.7 Å². The first kappa shape index (κ1) is 26.5. The van der Waals surface area contributed by atoms with Gasteiger partial charge in [-0.2, -0.15) is 4.31 Å². The Morgan fingerprint density at radius 2 is 1.80 bits per heavy atom. The molecule has 0 saturated carbocycles. The van der Waals surface area contributed by atoms with Gasteiger partial charge in [-0.05, 0) is 44.9 Å². The van der Waals surface area contributed by atoms with Crippen LogP contribution in [0.5, 0.6) is 11.5 Å². The molecule has 9 nitrogen and oxygen atoms in total. The average molecular weight is 506 g/mol. The molecule has 1 atom stereocenters. The average Bonchev–Trinajstić information content (AvgIpc) is 3.57. The number of esters is 1. The Labute approximate surface area is 206 Å². The van der Waals surface area contributed by atoms with Gasteiger partial charge in [-0.15, -0.1) is 0 Å². The third-order valence-corrected chi connectivity index (χ3v) is 6.53. The zero-order valence-corrected chi connectivity index (χ0v) is 21.2. The highest BCUT2D eigenvalue weighted by Gasteiger charge is 2.36. The second kappa shape index (κ2) is 11.1. The quantitative estimate of drug-likeness (QED) is 0.270. The molecular formula is C25H31NO8S. The Morgan fingerprint density at radius 1 is 1.11 bits per heavy atom. The number of sulfonamides is 1. The molecule has 1 saturated heterocycles. The standard InChI is InChI=1S/C25H31NO8S/c1-5-13-35(29,30)26(24(28)34-25(2,3)4)21-15-19(31-16-20-17-32-20)11-12-22(21)33-23(27)14-18-9-7-6-8-10-18/h6-12,15,20H,5,13-14,16-17H2,1-4H3. The van der Waals surface area contributed by atoms with Crippen LogP contribution in [0.1, 0.15) is 39.7 Å². The number of carbonyl (C=O) groups excluding carboxylic acids is 2. The van der Waals surface area contributed by atoms with Crippen LogP contribution in [0.4, 0.5) is 10.5 Å². The van der Waals surface area contributed by atoms with Crippen LogP contribution in [0.15, 0.2) is 48.5 Å². The summed E-state index contributed by atoms with van der Waals surface area (Å²) in [5.41, 5.74) is -0.395. The topological polar surface area (TPSA) is 112 Å². The summed E-state index contributed by atoms with van der Waals surface area (Å²) in [5, 5.41) is 0. The van der Waals surface area contributed by atoms with Crippen LogP contribution in [-0.4, -0.2) is 51.2 Å². The summed E-state index contributed by atoms with van der Waals surface area (Å²) in [6, 6.07) is 13.3. The van der Waals surface area contributed by atoms with E-state index in [1.54, 1.807) is 52.0 Å². The lowest BCUT2D eigenvalue weighted by atomic mass is 10.1. The van der Waals surface area contributed by atoms with Gasteiger partial charge in [-0.25, -0.2) is 13.2 Å². The molecule has 1 amide bonds. The van der Waals surface area contributed by atoms with Crippen molar-refractivity contribution in [1.29, 1.82) is 0 Å². The molecule has 2 aromatic rings. The van der Waals surface area contributed by atoms with E-state index in [4.69, 9.17) is 18.9 Å². The van der Waals surface area contributed by atoms with E-state index in [1.807, 2.05) is 6.07 Å². The molecule has 1 unspecified atom stereocenters. The number of epoxide rings is 1. The molecule has 2 aromatic carbocycles. The Hall–Kier alpha value is -3.11. The van der Waals surface area contributed by atoms with Gasteiger partial charge in [0.25, 0.3) is 0 Å². The van der Waals surface area contributed by atoms with Crippen molar-refractivity contribution in [2.45, 2.75) is 52.2 Å². The molecule has 1 aliphatic rings. The van der Waals surface area contributed by atoms with Crippen molar-refractivity contribution in [2.24, 2.45) is 0 Å². The molecule has 190 valence electrons. The number of ether oxygens (including phenoxy) is 4. The van der Waals surface area contributed by atoms with E-state index in [0.717, 1.165) is 5.56 Å². The van der Waals surface area contributed by atoms with Crippen LogP contribution in [0.3, 0.4) is 0 Å². The van der Waals surface area contributed by atoms with Crippen molar-refractivity contribution >= 4 is 27.8 Å². The first-order valence-corrected chi connectivity index (χ1v) is 13.0. The van der Waals surface area contributed by atoms with Gasteiger partial charge in [0, 0.05) is 6.07 Å². The number of nitrogens with zero attached hydrogens (tertiary/aromatic N) is 1. The number of hydrogen-bond acceptors (Lipinski definition) is 8. The van der Waals surface area contributed by atoms with E-state index in [-0.39, 0.29) is 42.7 Å². The number of amides is 1. The maximum atomic E-state index is 13.2. The lowest BCUT2D eigenvalue weighted by molar-refractivity contribution is -0.133. The zero-order valence-electron chi connectivity index (χ0n) is 20.4. The fourth-order valence-corrected chi connectivity index (χ4v) is 4.53. The van der Waals surface area contributed by atoms with Crippen molar-refractivity contribution in [2.75, 3.05) is 23.3 Å². The molecule has 0 N–H and O–H groups in total. The Morgan fingerprint density at radius 3 is 2.40 bits per heavy atom. The molecule has 10 heteroatoms. The van der Waals surface area contributed by atoms with Crippen molar-refractivity contribution in [1.82, 2.24) is 0 Å². The van der Waals surface area contributed by atoms with Gasteiger partial charge in [-0.1, -0.05) is 37.3 Å². The summed E-state index contributed by atoms with van der Waals surface area (Å²) in [4.78, 5) is 25.8. The van der Waals surface area contributed by atoms with Crippen molar-refractivity contribution in [3.8, 4) is 11.5 Å². The van der Waals surface area contributed by atoms with Gasteiger partial charge in [0.15, 0.2) is 5.75 Å². The van der Waals surface area contributed by atoms with E-state index in [1.165, 1.54) is 18.2 Å². The van der Waals surface area contributed by atoms with Gasteiger partial charge in [-0.3, -0.25) is 4.79 Å². The van der Waals surface area contributed by atoms with Gasteiger partial charge >= 0.3 is 12.1 Å². The summed E-state index contributed by atoms with van der Waals surface area (Å²) in [5.74, 6) is -0.746. The number of anilines is 1. The summed E-state index contributed by atoms with van der Waals surface area (Å²) >= 11 is 0. The highest BCUT2D eigenvalue weighted by atomic mass is 32.2. The van der Waals surface area contributed by atoms with Crippen LogP contribution in [0.2, 0.25) is 0 Å². The molecule has 35 heavy (non-hydrogen) atoms. The summed E-state index contributed by atoms with van der Waals surface area (Å²) in [6.45, 7) is 7.42. The van der Waals surface area contributed by atoms with Gasteiger partial charge in [0.05, 0.1) is 18.8 Å². The van der Waals surface area contributed by atoms with Gasteiger partial charge in [0.1, 0.15) is 29.7 Å². The van der Waals surface area contributed by atoms with E-state index in [9.17, 15) is 18.0 Å². The normalized spacial score (nSPS) is 15.3. The maximum absolute atomic E-state index is 13.2. The minimum absolute atomic E-state index is 0.0346. The van der Waals surface area contributed by atoms with E-state index < -0.39 is 27.7 Å². The van der Waals surface area contributed by atoms with Crippen LogP contribution in [0, 0.1) is 0 Å². The molecule has 1 aliphatic heterocycles. The zero-order chi connectivity index (χ0) is 25.6. The third kappa shape index (κ3) is 7.97. The molecule has 1 heterocycles. The Bertz CT molecular complexity index is 1140. The first-order valence-electron chi connectivity index (χ1n) is 11.4. The summed E-state index contributed by atoms with van der Waals surface area (Å²) in [7, 11) is -4.16. The highest BCUT2D eigenvalue weighted by Crippen LogP contribution is 2.36. The van der Waals surface area contributed by atoms with Crippen LogP contribution in [-0.2, 0) is 30.7 Å². The number of hydrogen-bond donors (Lipinski definition) is 0. The van der Waals surface area contributed by atoms with Gasteiger partial charge < -0.3 is 18.9 Å². The van der Waals surface area contributed by atoms with Crippen LogP contribution >= 0.6 is 0 Å². The van der Waals surface area contributed by atoms with E-state index in [2.05, 4.69) is 0 Å². The number of rotatable bonds is 10. The predicted molar refractivity (Wildman–Crippen MR) is 130 cm³/mol. The largest absolute Gasteiger partial charge is 0.491 e. The molecule has 1 fully saturated rings. The minimum atomic E-state index is -4.16. The smallest absolute Gasteiger partial charge is 0.429 e. The molecule has 0 bridgehead atoms. The van der Waals surface area contributed by atoms with Crippen molar-refractivity contribution in [3.05, 3.63) is 54.1 Å². The molecule has 0 aromatic heterocycles. The molecule has 0 spiro atoms. The highest BCUT2D eigenvalue weighted by molar-refractivity contribution is 7.93. The number of benzene rings is 2. The third-order valence-electron chi connectivity index (χ3n) is 4.70. The summed E-state index contributed by atoms with van der Waals surface area (Å²) < 4.78 is 48.7. The summed E-state index contributed by atoms with van der Waals surface area (Å²) in [6.07, 6.45) is -0.910. The fourth-order valence-electron chi connectivity index (χ4n) is 3.12. The molecule has 0 radical (unpaired) electrons.